The lowest BCUT2D eigenvalue weighted by Gasteiger charge is -2.51. The molecule has 0 aliphatic carbocycles. The van der Waals surface area contributed by atoms with E-state index in [4.69, 9.17) is 27.3 Å². The topological polar surface area (TPSA) is 124 Å². The minimum absolute atomic E-state index is 0.0317. The zero-order valence-electron chi connectivity index (χ0n) is 21.1. The highest BCUT2D eigenvalue weighted by molar-refractivity contribution is 7.87. The number of rotatable bonds is 10. The Hall–Kier alpha value is -1.90. The molecule has 3 rings (SSSR count). The number of ether oxygens (including phenoxy) is 4. The summed E-state index contributed by atoms with van der Waals surface area (Å²) in [6, 6.07) is 12.3. The first kappa shape index (κ1) is 28.7. The lowest BCUT2D eigenvalue weighted by Crippen LogP contribution is -2.66. The number of methoxy groups -OCH3 is 2. The fourth-order valence-corrected chi connectivity index (χ4v) is 5.39. The quantitative estimate of drug-likeness (QED) is 0.412. The van der Waals surface area contributed by atoms with Gasteiger partial charge in [-0.25, -0.2) is 0 Å². The zero-order valence-corrected chi connectivity index (χ0v) is 22.7. The van der Waals surface area contributed by atoms with Crippen LogP contribution >= 0.6 is 0 Å². The Morgan fingerprint density at radius 1 is 0.667 bits per heavy atom. The Bertz CT molecular complexity index is 1140. The lowest BCUT2D eigenvalue weighted by molar-refractivity contribution is -0.450. The summed E-state index contributed by atoms with van der Waals surface area (Å²) in [6.07, 6.45) is -2.18. The average molecular weight is 545 g/mol. The Kier molecular flexibility index (Phi) is 8.63. The fourth-order valence-electron chi connectivity index (χ4n) is 3.55. The van der Waals surface area contributed by atoms with Gasteiger partial charge in [-0.2, -0.15) is 16.8 Å². The highest BCUT2D eigenvalue weighted by atomic mass is 32.2. The van der Waals surface area contributed by atoms with E-state index in [-0.39, 0.29) is 9.79 Å². The van der Waals surface area contributed by atoms with Gasteiger partial charge in [0.05, 0.1) is 23.0 Å². The zero-order chi connectivity index (χ0) is 26.8. The molecular formula is C24H32O10S2. The Labute approximate surface area is 212 Å². The van der Waals surface area contributed by atoms with E-state index in [0.29, 0.717) is 0 Å². The molecule has 2 aromatic carbocycles. The molecule has 2 aromatic rings. The summed E-state index contributed by atoms with van der Waals surface area (Å²) in [4.78, 5) is -0.0633. The lowest BCUT2D eigenvalue weighted by atomic mass is 10.0. The molecule has 1 aliphatic heterocycles. The number of hydrogen-bond acceptors (Lipinski definition) is 10. The highest BCUT2D eigenvalue weighted by Crippen LogP contribution is 2.39. The molecule has 1 fully saturated rings. The average Bonchev–Trinajstić information content (AvgIpc) is 2.84. The molecule has 0 bridgehead atoms. The summed E-state index contributed by atoms with van der Waals surface area (Å²) in [5, 5.41) is 0. The standard InChI is InChI=1S/C24H32O10S2/c1-17-7-11-19(12-8-17)35(25,26)31-15-21-22(34-24(4,30-6)23(3,29-5)33-21)16-32-36(27,28)20-13-9-18(2)10-14-20/h7-14,21-22H,15-16H2,1-6H3/t21-,22-,23-,24+/m1/s1. The van der Waals surface area contributed by atoms with Crippen LogP contribution in [0.25, 0.3) is 0 Å². The smallest absolute Gasteiger partial charge is 0.297 e. The molecule has 0 amide bonds. The van der Waals surface area contributed by atoms with Gasteiger partial charge in [0.25, 0.3) is 20.2 Å². The number of aryl methyl sites for hydroxylation is 2. The van der Waals surface area contributed by atoms with Gasteiger partial charge in [0.2, 0.25) is 11.6 Å². The van der Waals surface area contributed by atoms with Crippen LogP contribution in [0, 0.1) is 13.8 Å². The van der Waals surface area contributed by atoms with Crippen molar-refractivity contribution in [3.8, 4) is 0 Å². The molecule has 0 radical (unpaired) electrons. The molecule has 1 aliphatic rings. The molecule has 4 atom stereocenters. The van der Waals surface area contributed by atoms with E-state index in [1.54, 1.807) is 38.1 Å². The third-order valence-electron chi connectivity index (χ3n) is 6.17. The van der Waals surface area contributed by atoms with Crippen molar-refractivity contribution in [2.24, 2.45) is 0 Å². The van der Waals surface area contributed by atoms with Gasteiger partial charge in [0.1, 0.15) is 12.2 Å². The summed E-state index contributed by atoms with van der Waals surface area (Å²) in [5.41, 5.74) is 1.78. The maximum atomic E-state index is 12.7. The molecular weight excluding hydrogens is 512 g/mol. The van der Waals surface area contributed by atoms with E-state index in [1.807, 2.05) is 13.8 Å². The minimum Gasteiger partial charge on any atom is -0.349 e. The fraction of sp³-hybridized carbons (Fsp3) is 0.500. The Morgan fingerprint density at radius 3 is 1.25 bits per heavy atom. The molecule has 10 nitrogen and oxygen atoms in total. The van der Waals surface area contributed by atoms with Gasteiger partial charge in [-0.1, -0.05) is 35.4 Å². The molecule has 1 heterocycles. The van der Waals surface area contributed by atoms with Crippen molar-refractivity contribution in [2.45, 2.75) is 61.3 Å². The van der Waals surface area contributed by atoms with Crippen LogP contribution in [0.2, 0.25) is 0 Å². The molecule has 0 N–H and O–H groups in total. The number of benzene rings is 2. The van der Waals surface area contributed by atoms with Crippen molar-refractivity contribution in [1.82, 2.24) is 0 Å². The van der Waals surface area contributed by atoms with Crippen molar-refractivity contribution < 1.29 is 44.1 Å². The van der Waals surface area contributed by atoms with Crippen LogP contribution in [-0.2, 0) is 47.5 Å². The summed E-state index contributed by atoms with van der Waals surface area (Å²) in [7, 11) is -5.52. The van der Waals surface area contributed by atoms with E-state index >= 15 is 0 Å². The second-order valence-corrected chi connectivity index (χ2v) is 11.9. The largest absolute Gasteiger partial charge is 0.349 e. The predicted molar refractivity (Wildman–Crippen MR) is 129 cm³/mol. The second kappa shape index (κ2) is 10.8. The van der Waals surface area contributed by atoms with E-state index in [2.05, 4.69) is 0 Å². The summed E-state index contributed by atoms with van der Waals surface area (Å²) < 4.78 is 84.5. The monoisotopic (exact) mass is 544 g/mol. The SMILES string of the molecule is CO[C@@]1(C)O[C@H](COS(=O)(=O)c2ccc(C)cc2)[C@@H](COS(=O)(=O)c2ccc(C)cc2)O[C@@]1(C)OC. The second-order valence-electron chi connectivity index (χ2n) is 8.72. The number of hydrogen-bond donors (Lipinski definition) is 0. The maximum absolute atomic E-state index is 12.7. The van der Waals surface area contributed by atoms with E-state index < -0.39 is 57.2 Å². The maximum Gasteiger partial charge on any atom is 0.297 e. The van der Waals surface area contributed by atoms with Gasteiger partial charge in [-0.3, -0.25) is 8.37 Å². The molecule has 0 aromatic heterocycles. The van der Waals surface area contributed by atoms with Crippen LogP contribution in [0.3, 0.4) is 0 Å². The van der Waals surface area contributed by atoms with Gasteiger partial charge in [0, 0.05) is 14.2 Å². The van der Waals surface area contributed by atoms with Crippen molar-refractivity contribution in [2.75, 3.05) is 27.4 Å². The third kappa shape index (κ3) is 6.14. The van der Waals surface area contributed by atoms with Crippen molar-refractivity contribution >= 4 is 20.2 Å². The minimum atomic E-state index is -4.14. The van der Waals surface area contributed by atoms with E-state index in [0.717, 1.165) is 11.1 Å². The Balaban J connectivity index is 1.83. The van der Waals surface area contributed by atoms with Crippen molar-refractivity contribution in [3.63, 3.8) is 0 Å². The van der Waals surface area contributed by atoms with E-state index in [9.17, 15) is 16.8 Å². The normalized spacial score (nSPS) is 27.2. The molecule has 200 valence electrons. The van der Waals surface area contributed by atoms with E-state index in [1.165, 1.54) is 38.5 Å². The first-order valence-corrected chi connectivity index (χ1v) is 13.9. The third-order valence-corrected chi connectivity index (χ3v) is 8.76. The molecule has 1 saturated heterocycles. The van der Waals surface area contributed by atoms with Crippen LogP contribution in [0.1, 0.15) is 25.0 Å². The van der Waals surface area contributed by atoms with Crippen LogP contribution in [0.4, 0.5) is 0 Å². The predicted octanol–water partition coefficient (Wildman–Crippen LogP) is 2.92. The molecule has 0 unspecified atom stereocenters. The van der Waals surface area contributed by atoms with Crippen LogP contribution < -0.4 is 0 Å². The first-order valence-electron chi connectivity index (χ1n) is 11.1. The van der Waals surface area contributed by atoms with Crippen molar-refractivity contribution in [1.29, 1.82) is 0 Å². The molecule has 0 spiro atoms. The van der Waals surface area contributed by atoms with Gasteiger partial charge < -0.3 is 18.9 Å². The summed E-state index contributed by atoms with van der Waals surface area (Å²) in [5.74, 6) is -2.95. The Morgan fingerprint density at radius 2 is 0.972 bits per heavy atom. The van der Waals surface area contributed by atoms with Gasteiger partial charge in [-0.15, -0.1) is 0 Å². The summed E-state index contributed by atoms with van der Waals surface area (Å²) in [6.45, 7) is 5.79. The summed E-state index contributed by atoms with van der Waals surface area (Å²) >= 11 is 0. The van der Waals surface area contributed by atoms with Crippen LogP contribution in [0.5, 0.6) is 0 Å². The van der Waals surface area contributed by atoms with Crippen molar-refractivity contribution in [3.05, 3.63) is 59.7 Å². The first-order chi connectivity index (χ1) is 16.7. The van der Waals surface area contributed by atoms with Gasteiger partial charge in [0.15, 0.2) is 0 Å². The van der Waals surface area contributed by atoms with Crippen LogP contribution in [-0.4, -0.2) is 68.1 Å². The highest BCUT2D eigenvalue weighted by Gasteiger charge is 2.57. The molecule has 36 heavy (non-hydrogen) atoms. The molecule has 0 saturated carbocycles. The van der Waals surface area contributed by atoms with Gasteiger partial charge in [-0.05, 0) is 52.0 Å². The van der Waals surface area contributed by atoms with Crippen LogP contribution in [0.15, 0.2) is 58.3 Å². The van der Waals surface area contributed by atoms with Gasteiger partial charge >= 0.3 is 0 Å². The molecule has 12 heteroatoms.